The van der Waals surface area contributed by atoms with E-state index in [2.05, 4.69) is 9.80 Å². The highest BCUT2D eigenvalue weighted by atomic mass is 19.4. The third kappa shape index (κ3) is 9.63. The lowest BCUT2D eigenvalue weighted by Gasteiger charge is -2.30. The molecule has 242 valence electrons. The van der Waals surface area contributed by atoms with Crippen molar-refractivity contribution in [1.82, 2.24) is 9.80 Å². The number of alkyl halides is 3. The third-order valence-electron chi connectivity index (χ3n) is 8.72. The van der Waals surface area contributed by atoms with Crippen LogP contribution in [-0.4, -0.2) is 101 Å². The number of carbonyl (C=O) groups excluding carboxylic acids is 2. The molecule has 4 bridgehead atoms. The maximum Gasteiger partial charge on any atom is 0.391 e. The number of carbonyl (C=O) groups is 2. The Morgan fingerprint density at radius 2 is 1.49 bits per heavy atom. The van der Waals surface area contributed by atoms with Crippen molar-refractivity contribution in [1.29, 1.82) is 0 Å². The van der Waals surface area contributed by atoms with Crippen LogP contribution < -0.4 is 14.2 Å². The predicted octanol–water partition coefficient (Wildman–Crippen LogP) is 5.10. The summed E-state index contributed by atoms with van der Waals surface area (Å²) < 4.78 is 67.9. The van der Waals surface area contributed by atoms with E-state index in [0.717, 1.165) is 45.7 Å². The topological polar surface area (TPSA) is 86.8 Å². The lowest BCUT2D eigenvalue weighted by atomic mass is 9.81. The van der Waals surface area contributed by atoms with Gasteiger partial charge in [0.1, 0.15) is 6.10 Å². The van der Waals surface area contributed by atoms with Gasteiger partial charge in [-0.2, -0.15) is 13.2 Å². The first-order valence-electron chi connectivity index (χ1n) is 15.5. The first-order chi connectivity index (χ1) is 20.7. The number of esters is 2. The normalized spacial score (nSPS) is 28.2. The number of halogens is 3. The van der Waals surface area contributed by atoms with Crippen LogP contribution in [0.4, 0.5) is 13.2 Å². The van der Waals surface area contributed by atoms with Gasteiger partial charge in [-0.05, 0) is 83.0 Å². The van der Waals surface area contributed by atoms with Gasteiger partial charge in [0.05, 0.1) is 44.8 Å². The van der Waals surface area contributed by atoms with E-state index in [4.69, 9.17) is 23.7 Å². The average molecular weight is 615 g/mol. The summed E-state index contributed by atoms with van der Waals surface area (Å²) in [6.45, 7) is 5.82. The van der Waals surface area contributed by atoms with Gasteiger partial charge in [-0.15, -0.1) is 0 Å². The molecule has 3 atom stereocenters. The van der Waals surface area contributed by atoms with Gasteiger partial charge >= 0.3 is 18.1 Å². The standard InChI is InChI=1S/C31H45F3N2O7/c1-39-26-20-23-21-27(28(26)40-2)41-18-3-6-25(43-30(38)22-7-9-24(10-8-22)31(32,33)34)11-15-36-13-4-12-35(16-17-36)14-5-19-42-29(23)37/h20-22,24-25H,3-19H2,1-2H3. The number of methoxy groups -OCH3 is 2. The Bertz CT molecular complexity index is 1060. The molecule has 0 aromatic heterocycles. The molecule has 0 N–H and O–H groups in total. The van der Waals surface area contributed by atoms with Gasteiger partial charge in [-0.3, -0.25) is 4.79 Å². The van der Waals surface area contributed by atoms with E-state index in [1.54, 1.807) is 12.1 Å². The molecule has 2 aliphatic heterocycles. The second kappa shape index (κ2) is 15.8. The fourth-order valence-corrected chi connectivity index (χ4v) is 6.16. The molecule has 0 spiro atoms. The SMILES string of the molecule is COc1cc2cc(c1OC)OCCCC(OC(=O)C1CCC(C(F)(F)F)CC1)CCN1CCCN(CCCOC2=O)CC1. The molecule has 9 nitrogen and oxygen atoms in total. The minimum Gasteiger partial charge on any atom is -0.493 e. The summed E-state index contributed by atoms with van der Waals surface area (Å²) in [6, 6.07) is 3.15. The number of nitrogens with zero attached hydrogens (tertiary/aromatic N) is 2. The monoisotopic (exact) mass is 614 g/mol. The Labute approximate surface area is 251 Å². The summed E-state index contributed by atoms with van der Waals surface area (Å²) in [5.41, 5.74) is 0.294. The molecule has 1 aliphatic carbocycles. The number of rotatable bonds is 4. The minimum absolute atomic E-state index is 0.0377. The maximum atomic E-state index is 13.1. The van der Waals surface area contributed by atoms with Crippen molar-refractivity contribution in [2.45, 2.75) is 70.1 Å². The molecule has 1 saturated carbocycles. The van der Waals surface area contributed by atoms with E-state index in [0.29, 0.717) is 55.1 Å². The van der Waals surface area contributed by atoms with Gasteiger partial charge in [0.25, 0.3) is 0 Å². The summed E-state index contributed by atoms with van der Waals surface area (Å²) in [5.74, 6) is -1.67. The van der Waals surface area contributed by atoms with Crippen molar-refractivity contribution in [3.63, 3.8) is 0 Å². The van der Waals surface area contributed by atoms with Crippen LogP contribution in [0.3, 0.4) is 0 Å². The minimum atomic E-state index is -4.22. The number of hydrogen-bond donors (Lipinski definition) is 0. The number of ether oxygens (including phenoxy) is 5. The van der Waals surface area contributed by atoms with Crippen molar-refractivity contribution >= 4 is 11.9 Å². The average Bonchev–Trinajstić information content (AvgIpc) is 3.23. The van der Waals surface area contributed by atoms with Crippen LogP contribution in [0.25, 0.3) is 0 Å². The van der Waals surface area contributed by atoms with Gasteiger partial charge in [-0.25, -0.2) is 4.79 Å². The first-order valence-corrected chi connectivity index (χ1v) is 15.5. The van der Waals surface area contributed by atoms with Gasteiger partial charge in [-0.1, -0.05) is 0 Å². The molecule has 1 aromatic carbocycles. The summed E-state index contributed by atoms with van der Waals surface area (Å²) in [6.07, 6.45) is -0.840. The molecular weight excluding hydrogens is 569 g/mol. The molecule has 1 saturated heterocycles. The molecule has 0 radical (unpaired) electrons. The highest BCUT2D eigenvalue weighted by Gasteiger charge is 2.43. The summed E-state index contributed by atoms with van der Waals surface area (Å²) in [4.78, 5) is 30.7. The molecule has 1 aromatic rings. The number of fused-ring (bicyclic) bond motifs is 5. The van der Waals surface area contributed by atoms with Crippen LogP contribution in [-0.2, 0) is 14.3 Å². The Hall–Kier alpha value is -2.73. The molecule has 43 heavy (non-hydrogen) atoms. The van der Waals surface area contributed by atoms with Crippen LogP contribution >= 0.6 is 0 Å². The molecule has 4 rings (SSSR count). The highest BCUT2D eigenvalue weighted by Crippen LogP contribution is 2.40. The van der Waals surface area contributed by atoms with Crippen LogP contribution in [0.1, 0.15) is 68.1 Å². The Kier molecular flexibility index (Phi) is 12.2. The summed E-state index contributed by atoms with van der Waals surface area (Å²) >= 11 is 0. The van der Waals surface area contributed by atoms with Gasteiger partial charge in [0, 0.05) is 26.2 Å². The highest BCUT2D eigenvalue weighted by molar-refractivity contribution is 5.91. The van der Waals surface area contributed by atoms with E-state index in [9.17, 15) is 22.8 Å². The predicted molar refractivity (Wildman–Crippen MR) is 153 cm³/mol. The fraction of sp³-hybridized carbons (Fsp3) is 0.742. The zero-order valence-electron chi connectivity index (χ0n) is 25.3. The fourth-order valence-electron chi connectivity index (χ4n) is 6.16. The molecule has 12 heteroatoms. The van der Waals surface area contributed by atoms with Gasteiger partial charge < -0.3 is 33.5 Å². The first kappa shape index (κ1) is 33.2. The van der Waals surface area contributed by atoms with Crippen LogP contribution in [0, 0.1) is 11.8 Å². The van der Waals surface area contributed by atoms with Crippen molar-refractivity contribution < 1.29 is 46.4 Å². The largest absolute Gasteiger partial charge is 0.493 e. The molecule has 0 amide bonds. The van der Waals surface area contributed by atoms with E-state index in [1.807, 2.05) is 0 Å². The van der Waals surface area contributed by atoms with Crippen molar-refractivity contribution in [2.24, 2.45) is 11.8 Å². The number of cyclic esters (lactones) is 1. The second-order valence-electron chi connectivity index (χ2n) is 11.7. The quantitative estimate of drug-likeness (QED) is 0.430. The molecule has 3 unspecified atom stereocenters. The third-order valence-corrected chi connectivity index (χ3v) is 8.72. The van der Waals surface area contributed by atoms with Gasteiger partial charge in [0.15, 0.2) is 11.5 Å². The van der Waals surface area contributed by atoms with E-state index >= 15 is 0 Å². The van der Waals surface area contributed by atoms with E-state index in [1.165, 1.54) is 14.2 Å². The van der Waals surface area contributed by atoms with E-state index in [-0.39, 0.29) is 38.4 Å². The molecular formula is C31H45F3N2O7. The lowest BCUT2D eigenvalue weighted by Crippen LogP contribution is -2.35. The molecule has 3 aliphatic rings. The second-order valence-corrected chi connectivity index (χ2v) is 11.7. The van der Waals surface area contributed by atoms with Crippen molar-refractivity contribution in [2.75, 3.05) is 66.7 Å². The summed E-state index contributed by atoms with van der Waals surface area (Å²) in [7, 11) is 2.97. The maximum absolute atomic E-state index is 13.1. The molecule has 2 fully saturated rings. The number of hydrogen-bond acceptors (Lipinski definition) is 9. The van der Waals surface area contributed by atoms with Crippen molar-refractivity contribution in [3.05, 3.63) is 17.7 Å². The van der Waals surface area contributed by atoms with Crippen LogP contribution in [0.5, 0.6) is 17.2 Å². The Morgan fingerprint density at radius 1 is 0.814 bits per heavy atom. The number of benzene rings is 1. The van der Waals surface area contributed by atoms with Crippen molar-refractivity contribution in [3.8, 4) is 17.2 Å². The summed E-state index contributed by atoms with van der Waals surface area (Å²) in [5, 5.41) is 0. The Morgan fingerprint density at radius 3 is 2.16 bits per heavy atom. The van der Waals surface area contributed by atoms with Gasteiger partial charge in [0.2, 0.25) is 5.75 Å². The van der Waals surface area contributed by atoms with Crippen LogP contribution in [0.2, 0.25) is 0 Å². The molecule has 2 heterocycles. The zero-order chi connectivity index (χ0) is 30.8. The zero-order valence-corrected chi connectivity index (χ0v) is 25.3. The Balaban J connectivity index is 1.45. The van der Waals surface area contributed by atoms with Crippen LogP contribution in [0.15, 0.2) is 12.1 Å². The lowest BCUT2D eigenvalue weighted by molar-refractivity contribution is -0.187. The van der Waals surface area contributed by atoms with E-state index < -0.39 is 30.0 Å². The smallest absolute Gasteiger partial charge is 0.391 e.